The Morgan fingerprint density at radius 2 is 1.83 bits per heavy atom. The monoisotopic (exact) mass is 732 g/mol. The van der Waals surface area contributed by atoms with Crippen molar-refractivity contribution in [2.45, 2.75) is 19.9 Å². The van der Waals surface area contributed by atoms with Crippen LogP contribution in [0.15, 0.2) is 51.4 Å². The van der Waals surface area contributed by atoms with Gasteiger partial charge in [0, 0.05) is 0 Å². The van der Waals surface area contributed by atoms with E-state index in [1.807, 2.05) is 0 Å². The predicted octanol–water partition coefficient (Wildman–Crippen LogP) is 3.73. The molecule has 0 aliphatic carbocycles. The first kappa shape index (κ1) is 26.7. The van der Waals surface area contributed by atoms with Gasteiger partial charge in [0.25, 0.3) is 5.56 Å². The fourth-order valence-electron chi connectivity index (χ4n) is 3.95. The van der Waals surface area contributed by atoms with Gasteiger partial charge in [0.2, 0.25) is 0 Å². The number of aromatic hydroxyl groups is 1. The molecule has 2 heterocycles. The van der Waals surface area contributed by atoms with Crippen LogP contribution in [-0.2, 0) is 9.53 Å². The van der Waals surface area contributed by atoms with Crippen molar-refractivity contribution >= 4 is 68.6 Å². The van der Waals surface area contributed by atoms with E-state index in [-0.39, 0.29) is 23.5 Å². The van der Waals surface area contributed by atoms with Gasteiger partial charge in [-0.05, 0) is 100 Å². The molecule has 0 saturated carbocycles. The van der Waals surface area contributed by atoms with Crippen LogP contribution in [0.2, 0.25) is 0 Å². The van der Waals surface area contributed by atoms with Crippen LogP contribution in [0.3, 0.4) is 0 Å². The van der Waals surface area contributed by atoms with Crippen LogP contribution >= 0.6 is 56.5 Å². The number of halogens is 2. The highest BCUT2D eigenvalue weighted by Gasteiger charge is 2.34. The summed E-state index contributed by atoms with van der Waals surface area (Å²) in [7, 11) is 3.07. The summed E-state index contributed by atoms with van der Waals surface area (Å²) in [5, 5.41) is 10.1. The summed E-state index contributed by atoms with van der Waals surface area (Å²) in [4.78, 5) is 31.9. The molecule has 0 bridgehead atoms. The number of hydrogen-bond acceptors (Lipinski definition) is 8. The lowest BCUT2D eigenvalue weighted by molar-refractivity contribution is -0.139. The summed E-state index contributed by atoms with van der Waals surface area (Å²) in [5.41, 5.74) is 1.92. The minimum absolute atomic E-state index is 0.191. The second kappa shape index (κ2) is 10.9. The number of ether oxygens (including phenoxy) is 3. The summed E-state index contributed by atoms with van der Waals surface area (Å²) >= 11 is 5.35. The third kappa shape index (κ3) is 4.92. The summed E-state index contributed by atoms with van der Waals surface area (Å²) in [6.07, 6.45) is 1.77. The highest BCUT2D eigenvalue weighted by molar-refractivity contribution is 14.1. The second-order valence-electron chi connectivity index (χ2n) is 7.75. The number of carbonyl (C=O) groups excluding carboxylic acids is 1. The Kier molecular flexibility index (Phi) is 8.09. The molecule has 188 valence electrons. The van der Waals surface area contributed by atoms with Crippen molar-refractivity contribution in [2.75, 3.05) is 20.8 Å². The normalized spacial score (nSPS) is 15.4. The van der Waals surface area contributed by atoms with Crippen LogP contribution in [0.4, 0.5) is 0 Å². The molecule has 1 unspecified atom stereocenters. The fraction of sp³-hybridized carbons (Fsp3) is 0.240. The molecule has 0 radical (unpaired) electrons. The molecular weight excluding hydrogens is 710 g/mol. The highest BCUT2D eigenvalue weighted by atomic mass is 127. The second-order valence-corrected chi connectivity index (χ2v) is 11.1. The van der Waals surface area contributed by atoms with Crippen molar-refractivity contribution in [3.05, 3.63) is 79.6 Å². The average molecular weight is 732 g/mol. The van der Waals surface area contributed by atoms with Crippen LogP contribution in [0, 0.1) is 7.14 Å². The van der Waals surface area contributed by atoms with Gasteiger partial charge in [0.1, 0.15) is 5.75 Å². The van der Waals surface area contributed by atoms with Gasteiger partial charge in [-0.15, -0.1) is 0 Å². The highest BCUT2D eigenvalue weighted by Crippen LogP contribution is 2.36. The SMILES string of the molecule is CCOC(=O)C1=C(C)N=c2sc(=Cc3cc(I)c(O)c(I)c3)c(=O)n2C1c1ccc(OC)c(OC)c1. The molecule has 36 heavy (non-hydrogen) atoms. The first-order valence-electron chi connectivity index (χ1n) is 10.8. The average Bonchev–Trinajstić information content (AvgIpc) is 3.15. The minimum atomic E-state index is -0.762. The molecule has 0 fully saturated rings. The number of rotatable bonds is 6. The minimum Gasteiger partial charge on any atom is -0.506 e. The number of phenols is 1. The lowest BCUT2D eigenvalue weighted by Crippen LogP contribution is -2.40. The quantitative estimate of drug-likeness (QED) is 0.307. The number of benzene rings is 2. The molecule has 4 rings (SSSR count). The van der Waals surface area contributed by atoms with Crippen molar-refractivity contribution in [3.8, 4) is 17.2 Å². The van der Waals surface area contributed by atoms with E-state index < -0.39 is 12.0 Å². The van der Waals surface area contributed by atoms with E-state index in [1.165, 1.54) is 23.0 Å². The number of allylic oxidation sites excluding steroid dienone is 1. The third-order valence-corrected chi connectivity index (χ3v) is 8.20. The molecule has 1 atom stereocenters. The van der Waals surface area contributed by atoms with Gasteiger partial charge in [0.05, 0.1) is 49.8 Å². The van der Waals surface area contributed by atoms with E-state index in [2.05, 4.69) is 50.2 Å². The van der Waals surface area contributed by atoms with Gasteiger partial charge >= 0.3 is 5.97 Å². The summed E-state index contributed by atoms with van der Waals surface area (Å²) in [5.74, 6) is 0.681. The summed E-state index contributed by atoms with van der Waals surface area (Å²) in [6.45, 7) is 3.66. The molecular formula is C25H22I2N2O6S. The van der Waals surface area contributed by atoms with Gasteiger partial charge in [-0.1, -0.05) is 17.4 Å². The van der Waals surface area contributed by atoms with Crippen LogP contribution in [0.25, 0.3) is 6.08 Å². The Balaban J connectivity index is 1.98. The fourth-order valence-corrected chi connectivity index (χ4v) is 6.81. The van der Waals surface area contributed by atoms with Gasteiger partial charge in [-0.2, -0.15) is 0 Å². The Hall–Kier alpha value is -2.39. The molecule has 1 aliphatic rings. The van der Waals surface area contributed by atoms with Crippen LogP contribution in [-0.4, -0.2) is 36.5 Å². The molecule has 1 aromatic heterocycles. The number of methoxy groups -OCH3 is 2. The zero-order valence-corrected chi connectivity index (χ0v) is 24.9. The first-order chi connectivity index (χ1) is 17.2. The van der Waals surface area contributed by atoms with Crippen molar-refractivity contribution in [1.82, 2.24) is 4.57 Å². The maximum atomic E-state index is 13.7. The lowest BCUT2D eigenvalue weighted by atomic mass is 9.95. The van der Waals surface area contributed by atoms with Gasteiger partial charge in [-0.25, -0.2) is 9.79 Å². The van der Waals surface area contributed by atoms with E-state index in [1.54, 1.807) is 57.4 Å². The largest absolute Gasteiger partial charge is 0.506 e. The molecule has 2 aromatic carbocycles. The zero-order chi connectivity index (χ0) is 26.1. The van der Waals surface area contributed by atoms with E-state index in [0.29, 0.717) is 39.2 Å². The van der Waals surface area contributed by atoms with Crippen LogP contribution < -0.4 is 24.4 Å². The van der Waals surface area contributed by atoms with E-state index in [4.69, 9.17) is 14.2 Å². The maximum Gasteiger partial charge on any atom is 0.338 e. The number of phenolic OH excluding ortho intramolecular Hbond substituents is 1. The summed E-state index contributed by atoms with van der Waals surface area (Å²) < 4.78 is 19.5. The number of thiazole rings is 1. The van der Waals surface area contributed by atoms with Crippen molar-refractivity contribution in [3.63, 3.8) is 0 Å². The predicted molar refractivity (Wildman–Crippen MR) is 153 cm³/mol. The maximum absolute atomic E-state index is 13.7. The van der Waals surface area contributed by atoms with E-state index >= 15 is 0 Å². The number of aromatic nitrogens is 1. The van der Waals surface area contributed by atoms with Crippen molar-refractivity contribution in [1.29, 1.82) is 0 Å². The summed E-state index contributed by atoms with van der Waals surface area (Å²) in [6, 6.07) is 8.13. The number of fused-ring (bicyclic) bond motifs is 1. The van der Waals surface area contributed by atoms with Crippen molar-refractivity contribution in [2.24, 2.45) is 4.99 Å². The molecule has 1 aliphatic heterocycles. The number of esters is 1. The van der Waals surface area contributed by atoms with Gasteiger partial charge < -0.3 is 19.3 Å². The smallest absolute Gasteiger partial charge is 0.338 e. The lowest BCUT2D eigenvalue weighted by Gasteiger charge is -2.25. The van der Waals surface area contributed by atoms with Crippen LogP contribution in [0.1, 0.15) is 31.0 Å². The molecule has 1 N–H and O–H groups in total. The first-order valence-corrected chi connectivity index (χ1v) is 13.8. The molecule has 3 aromatic rings. The third-order valence-electron chi connectivity index (χ3n) is 5.58. The number of carbonyl (C=O) groups is 1. The molecule has 0 saturated heterocycles. The number of nitrogens with zero attached hydrogens (tertiary/aromatic N) is 2. The van der Waals surface area contributed by atoms with Crippen LogP contribution in [0.5, 0.6) is 17.2 Å². The topological polar surface area (TPSA) is 99.4 Å². The molecule has 0 amide bonds. The van der Waals surface area contributed by atoms with Gasteiger partial charge in [-0.3, -0.25) is 9.36 Å². The molecule has 11 heteroatoms. The molecule has 8 nitrogen and oxygen atoms in total. The van der Waals surface area contributed by atoms with E-state index in [0.717, 1.165) is 5.56 Å². The number of hydrogen-bond donors (Lipinski definition) is 1. The Morgan fingerprint density at radius 3 is 2.44 bits per heavy atom. The van der Waals surface area contributed by atoms with E-state index in [9.17, 15) is 14.7 Å². The van der Waals surface area contributed by atoms with Crippen molar-refractivity contribution < 1.29 is 24.1 Å². The van der Waals surface area contributed by atoms with Gasteiger partial charge in [0.15, 0.2) is 16.3 Å². The Labute approximate surface area is 238 Å². The Bertz CT molecular complexity index is 1550. The standard InChI is InChI=1S/C25H22I2N2O6S/c1-5-35-24(32)20-12(2)28-25-29(21(20)14-6-7-17(33-3)18(11-14)34-4)23(31)19(36-25)10-13-8-15(26)22(30)16(27)9-13/h6-11,21,30H,5H2,1-4H3. The molecule has 0 spiro atoms. The zero-order valence-electron chi connectivity index (χ0n) is 19.8. The Morgan fingerprint density at radius 1 is 1.17 bits per heavy atom.